The Kier molecular flexibility index (Phi) is 5.22. The fraction of sp³-hybridized carbons (Fsp3) is 0.933. The predicted octanol–water partition coefficient (Wildman–Crippen LogP) is 2.38. The first-order valence-corrected chi connectivity index (χ1v) is 7.70. The van der Waals surface area contributed by atoms with E-state index in [2.05, 4.69) is 11.8 Å². The van der Waals surface area contributed by atoms with E-state index in [0.717, 1.165) is 70.9 Å². The van der Waals surface area contributed by atoms with E-state index in [1.807, 2.05) is 0 Å². The molecule has 0 aromatic carbocycles. The minimum Gasteiger partial charge on any atom is -0.481 e. The predicted molar refractivity (Wildman–Crippen MR) is 74.2 cm³/mol. The van der Waals surface area contributed by atoms with Crippen LogP contribution in [-0.2, 0) is 9.53 Å². The lowest BCUT2D eigenvalue weighted by molar-refractivity contribution is -0.152. The summed E-state index contributed by atoms with van der Waals surface area (Å²) in [6, 6.07) is 0. The zero-order valence-electron chi connectivity index (χ0n) is 12.1. The molecule has 0 atom stereocenters. The first-order valence-electron chi connectivity index (χ1n) is 7.70. The van der Waals surface area contributed by atoms with Gasteiger partial charge in [0.2, 0.25) is 0 Å². The van der Waals surface area contributed by atoms with Crippen LogP contribution in [0, 0.1) is 11.3 Å². The van der Waals surface area contributed by atoms with Crippen LogP contribution in [0.4, 0.5) is 0 Å². The van der Waals surface area contributed by atoms with E-state index in [1.54, 1.807) is 0 Å². The molecule has 0 aromatic rings. The number of carboxylic acids is 1. The molecule has 2 fully saturated rings. The summed E-state index contributed by atoms with van der Waals surface area (Å²) in [6.07, 6.45) is 5.91. The van der Waals surface area contributed by atoms with Crippen LogP contribution in [0.5, 0.6) is 0 Å². The van der Waals surface area contributed by atoms with Gasteiger partial charge in [0, 0.05) is 13.1 Å². The number of hydrogen-bond donors (Lipinski definition) is 1. The molecule has 110 valence electrons. The Balaban J connectivity index is 1.87. The molecule has 0 radical (unpaired) electrons. The van der Waals surface area contributed by atoms with Gasteiger partial charge in [0.05, 0.1) is 18.6 Å². The van der Waals surface area contributed by atoms with E-state index in [0.29, 0.717) is 0 Å². The molecule has 1 heterocycles. The summed E-state index contributed by atoms with van der Waals surface area (Å²) in [6.45, 7) is 6.61. The average Bonchev–Trinajstić information content (AvgIpc) is 2.46. The van der Waals surface area contributed by atoms with Crippen molar-refractivity contribution >= 4 is 5.97 Å². The van der Waals surface area contributed by atoms with Gasteiger partial charge in [-0.05, 0) is 44.6 Å². The number of rotatable bonds is 5. The second-order valence-corrected chi connectivity index (χ2v) is 6.14. The highest BCUT2D eigenvalue weighted by atomic mass is 16.5. The summed E-state index contributed by atoms with van der Waals surface area (Å²) in [7, 11) is 0. The van der Waals surface area contributed by atoms with Crippen molar-refractivity contribution in [2.24, 2.45) is 11.3 Å². The smallest absolute Gasteiger partial charge is 0.309 e. The van der Waals surface area contributed by atoms with Gasteiger partial charge in [-0.1, -0.05) is 13.3 Å². The van der Waals surface area contributed by atoms with Crippen LogP contribution in [0.2, 0.25) is 0 Å². The highest BCUT2D eigenvalue weighted by Gasteiger charge is 2.41. The van der Waals surface area contributed by atoms with Gasteiger partial charge in [0.25, 0.3) is 0 Å². The van der Waals surface area contributed by atoms with Crippen molar-refractivity contribution < 1.29 is 14.6 Å². The standard InChI is InChI=1S/C15H27NO3/c1-2-13-3-5-15(6-4-13,14(17)18)7-8-16-9-11-19-12-10-16/h13H,2-12H2,1H3,(H,17,18). The molecule has 2 aliphatic rings. The van der Waals surface area contributed by atoms with Gasteiger partial charge < -0.3 is 9.84 Å². The SMILES string of the molecule is CCC1CCC(CCN2CCOCC2)(C(=O)O)CC1. The summed E-state index contributed by atoms with van der Waals surface area (Å²) in [4.78, 5) is 14.0. The Labute approximate surface area is 116 Å². The molecule has 1 saturated carbocycles. The van der Waals surface area contributed by atoms with Crippen molar-refractivity contribution in [2.45, 2.75) is 45.4 Å². The van der Waals surface area contributed by atoms with Crippen LogP contribution < -0.4 is 0 Å². The molecule has 1 aliphatic carbocycles. The van der Waals surface area contributed by atoms with E-state index < -0.39 is 11.4 Å². The van der Waals surface area contributed by atoms with Gasteiger partial charge in [-0.2, -0.15) is 0 Å². The monoisotopic (exact) mass is 269 g/mol. The molecule has 2 rings (SSSR count). The number of hydrogen-bond acceptors (Lipinski definition) is 3. The van der Waals surface area contributed by atoms with Crippen LogP contribution in [0.25, 0.3) is 0 Å². The maximum absolute atomic E-state index is 11.7. The zero-order chi connectivity index (χ0) is 13.7. The maximum Gasteiger partial charge on any atom is 0.309 e. The van der Waals surface area contributed by atoms with Crippen LogP contribution in [-0.4, -0.2) is 48.8 Å². The van der Waals surface area contributed by atoms with E-state index in [-0.39, 0.29) is 0 Å². The molecule has 19 heavy (non-hydrogen) atoms. The molecule has 4 nitrogen and oxygen atoms in total. The molecule has 1 aliphatic heterocycles. The summed E-state index contributed by atoms with van der Waals surface area (Å²) in [5.74, 6) is 0.172. The topological polar surface area (TPSA) is 49.8 Å². The normalized spacial score (nSPS) is 33.2. The molecule has 1 saturated heterocycles. The van der Waals surface area contributed by atoms with E-state index >= 15 is 0 Å². The Morgan fingerprint density at radius 2 is 1.95 bits per heavy atom. The summed E-state index contributed by atoms with van der Waals surface area (Å²) < 4.78 is 5.33. The number of morpholine rings is 1. The Morgan fingerprint density at radius 1 is 1.32 bits per heavy atom. The number of carboxylic acid groups (broad SMARTS) is 1. The summed E-state index contributed by atoms with van der Waals surface area (Å²) in [5.41, 5.74) is -0.454. The van der Waals surface area contributed by atoms with Gasteiger partial charge in [-0.15, -0.1) is 0 Å². The fourth-order valence-electron chi connectivity index (χ4n) is 3.41. The van der Waals surface area contributed by atoms with Gasteiger partial charge in [0.1, 0.15) is 0 Å². The first-order chi connectivity index (χ1) is 9.16. The molecule has 0 aromatic heterocycles. The minimum absolute atomic E-state index is 0.454. The largest absolute Gasteiger partial charge is 0.481 e. The van der Waals surface area contributed by atoms with Crippen molar-refractivity contribution in [1.82, 2.24) is 4.90 Å². The third kappa shape index (κ3) is 3.69. The summed E-state index contributed by atoms with van der Waals surface area (Å²) in [5, 5.41) is 9.63. The fourth-order valence-corrected chi connectivity index (χ4v) is 3.41. The van der Waals surface area contributed by atoms with Gasteiger partial charge >= 0.3 is 5.97 Å². The number of ether oxygens (including phenoxy) is 1. The average molecular weight is 269 g/mol. The van der Waals surface area contributed by atoms with Crippen molar-refractivity contribution in [3.05, 3.63) is 0 Å². The van der Waals surface area contributed by atoms with Crippen molar-refractivity contribution in [3.63, 3.8) is 0 Å². The molecule has 0 bridgehead atoms. The first kappa shape index (κ1) is 14.8. The molecule has 0 amide bonds. The lowest BCUT2D eigenvalue weighted by Gasteiger charge is -2.38. The third-order valence-electron chi connectivity index (χ3n) is 5.10. The van der Waals surface area contributed by atoms with E-state index in [9.17, 15) is 9.90 Å². The third-order valence-corrected chi connectivity index (χ3v) is 5.10. The van der Waals surface area contributed by atoms with Crippen molar-refractivity contribution in [1.29, 1.82) is 0 Å². The highest BCUT2D eigenvalue weighted by Crippen LogP contribution is 2.42. The number of aliphatic carboxylic acids is 1. The number of nitrogens with zero attached hydrogens (tertiary/aromatic N) is 1. The van der Waals surface area contributed by atoms with Crippen LogP contribution >= 0.6 is 0 Å². The van der Waals surface area contributed by atoms with Gasteiger partial charge in [-0.25, -0.2) is 0 Å². The van der Waals surface area contributed by atoms with E-state index in [4.69, 9.17) is 4.74 Å². The second-order valence-electron chi connectivity index (χ2n) is 6.14. The lowest BCUT2D eigenvalue weighted by Crippen LogP contribution is -2.42. The van der Waals surface area contributed by atoms with E-state index in [1.165, 1.54) is 6.42 Å². The summed E-state index contributed by atoms with van der Waals surface area (Å²) >= 11 is 0. The zero-order valence-corrected chi connectivity index (χ0v) is 12.1. The highest BCUT2D eigenvalue weighted by molar-refractivity contribution is 5.74. The minimum atomic E-state index is -0.574. The van der Waals surface area contributed by atoms with Crippen molar-refractivity contribution in [3.8, 4) is 0 Å². The van der Waals surface area contributed by atoms with Crippen molar-refractivity contribution in [2.75, 3.05) is 32.8 Å². The molecular formula is C15H27NO3. The van der Waals surface area contributed by atoms with Crippen LogP contribution in [0.3, 0.4) is 0 Å². The molecular weight excluding hydrogens is 242 g/mol. The Morgan fingerprint density at radius 3 is 2.47 bits per heavy atom. The second kappa shape index (κ2) is 6.71. The maximum atomic E-state index is 11.7. The molecule has 1 N–H and O–H groups in total. The Hall–Kier alpha value is -0.610. The van der Waals surface area contributed by atoms with Gasteiger partial charge in [0.15, 0.2) is 0 Å². The number of carbonyl (C=O) groups is 1. The molecule has 0 unspecified atom stereocenters. The van der Waals surface area contributed by atoms with Crippen LogP contribution in [0.15, 0.2) is 0 Å². The van der Waals surface area contributed by atoms with Gasteiger partial charge in [-0.3, -0.25) is 9.69 Å². The Bertz CT molecular complexity index is 292. The lowest BCUT2D eigenvalue weighted by atomic mass is 9.68. The molecule has 0 spiro atoms. The van der Waals surface area contributed by atoms with Crippen LogP contribution in [0.1, 0.15) is 45.4 Å². The molecule has 4 heteroatoms. The quantitative estimate of drug-likeness (QED) is 0.832.